The molecule has 1 fully saturated rings. The number of hydrogen-bond acceptors (Lipinski definition) is 3. The van der Waals surface area contributed by atoms with Crippen LogP contribution in [-0.2, 0) is 17.5 Å². The maximum absolute atomic E-state index is 13.3. The van der Waals surface area contributed by atoms with Crippen molar-refractivity contribution in [2.24, 2.45) is 5.92 Å². The number of aryl methyl sites for hydroxylation is 1. The lowest BCUT2D eigenvalue weighted by atomic mass is 9.92. The van der Waals surface area contributed by atoms with Gasteiger partial charge in [-0.3, -0.25) is 9.69 Å². The summed E-state index contributed by atoms with van der Waals surface area (Å²) in [5.41, 5.74) is 1.44. The summed E-state index contributed by atoms with van der Waals surface area (Å²) in [6, 6.07) is 11.3. The lowest BCUT2D eigenvalue weighted by Gasteiger charge is -2.33. The van der Waals surface area contributed by atoms with Crippen LogP contribution in [0.5, 0.6) is 5.75 Å². The molecule has 168 valence electrons. The summed E-state index contributed by atoms with van der Waals surface area (Å²) in [7, 11) is 1.60. The number of hydrogen-bond donors (Lipinski definition) is 1. The zero-order valence-electron chi connectivity index (χ0n) is 18.0. The number of nitrogens with zero attached hydrogens (tertiary/aromatic N) is 1. The Morgan fingerprint density at radius 3 is 2.71 bits per heavy atom. The Labute approximate surface area is 181 Å². The molecule has 1 aliphatic heterocycles. The average molecular weight is 435 g/mol. The molecular formula is C24H29F3N2O2. The topological polar surface area (TPSA) is 41.6 Å². The van der Waals surface area contributed by atoms with E-state index in [2.05, 4.69) is 10.2 Å². The summed E-state index contributed by atoms with van der Waals surface area (Å²) >= 11 is 0. The van der Waals surface area contributed by atoms with Crippen LogP contribution in [0.4, 0.5) is 18.9 Å². The normalized spacial score (nSPS) is 17.4. The van der Waals surface area contributed by atoms with Crippen molar-refractivity contribution in [3.8, 4) is 5.75 Å². The Hall–Kier alpha value is -2.54. The lowest BCUT2D eigenvalue weighted by molar-refractivity contribution is -0.138. The zero-order chi connectivity index (χ0) is 22.4. The van der Waals surface area contributed by atoms with Crippen LogP contribution in [0, 0.1) is 12.8 Å². The van der Waals surface area contributed by atoms with E-state index >= 15 is 0 Å². The fourth-order valence-electron chi connectivity index (χ4n) is 4.16. The molecule has 1 amide bonds. The number of ether oxygens (including phenoxy) is 1. The highest BCUT2D eigenvalue weighted by Crippen LogP contribution is 2.33. The zero-order valence-corrected chi connectivity index (χ0v) is 18.0. The fourth-order valence-corrected chi connectivity index (χ4v) is 4.16. The van der Waals surface area contributed by atoms with Gasteiger partial charge in [0.1, 0.15) is 5.75 Å². The summed E-state index contributed by atoms with van der Waals surface area (Å²) in [4.78, 5) is 14.5. The lowest BCUT2D eigenvalue weighted by Crippen LogP contribution is -2.35. The third-order valence-electron chi connectivity index (χ3n) is 5.81. The molecule has 1 aliphatic rings. The standard InChI is InChI=1S/C24H29F3N2O2/c1-17-14-20(31-2)10-11-22(17)28-23(30)12-9-18-6-5-13-29(15-18)16-19-7-3-4-8-21(19)24(25,26)27/h3-4,7-8,10-11,14,18H,5-6,9,12-13,15-16H2,1-2H3,(H,28,30). The number of amides is 1. The van der Waals surface area contributed by atoms with Crippen LogP contribution in [0.3, 0.4) is 0 Å². The van der Waals surface area contributed by atoms with Gasteiger partial charge in [-0.1, -0.05) is 18.2 Å². The Kier molecular flexibility index (Phi) is 7.59. The maximum atomic E-state index is 13.3. The maximum Gasteiger partial charge on any atom is 0.416 e. The van der Waals surface area contributed by atoms with Gasteiger partial charge in [-0.25, -0.2) is 0 Å². The number of likely N-dealkylation sites (tertiary alicyclic amines) is 1. The number of methoxy groups -OCH3 is 1. The number of benzene rings is 2. The monoisotopic (exact) mass is 434 g/mol. The van der Waals surface area contributed by atoms with E-state index in [1.165, 1.54) is 6.07 Å². The van der Waals surface area contributed by atoms with E-state index in [-0.39, 0.29) is 12.5 Å². The van der Waals surface area contributed by atoms with E-state index in [1.54, 1.807) is 25.3 Å². The van der Waals surface area contributed by atoms with Gasteiger partial charge in [0, 0.05) is 25.2 Å². The van der Waals surface area contributed by atoms with E-state index in [0.717, 1.165) is 48.9 Å². The number of anilines is 1. The molecule has 0 bridgehead atoms. The molecule has 0 aliphatic carbocycles. The molecule has 31 heavy (non-hydrogen) atoms. The van der Waals surface area contributed by atoms with Crippen LogP contribution in [0.25, 0.3) is 0 Å². The second-order valence-corrected chi connectivity index (χ2v) is 8.17. The minimum Gasteiger partial charge on any atom is -0.497 e. The predicted octanol–water partition coefficient (Wildman–Crippen LogP) is 5.65. The van der Waals surface area contributed by atoms with E-state index < -0.39 is 11.7 Å². The highest BCUT2D eigenvalue weighted by Gasteiger charge is 2.33. The Morgan fingerprint density at radius 2 is 2.00 bits per heavy atom. The van der Waals surface area contributed by atoms with E-state index in [4.69, 9.17) is 4.74 Å². The van der Waals surface area contributed by atoms with Crippen molar-refractivity contribution in [2.75, 3.05) is 25.5 Å². The predicted molar refractivity (Wildman–Crippen MR) is 115 cm³/mol. The first-order chi connectivity index (χ1) is 14.8. The van der Waals surface area contributed by atoms with Crippen LogP contribution in [0.1, 0.15) is 42.4 Å². The molecule has 0 saturated carbocycles. The summed E-state index contributed by atoms with van der Waals surface area (Å²) in [6.45, 7) is 3.68. The first-order valence-corrected chi connectivity index (χ1v) is 10.6. The van der Waals surface area contributed by atoms with Crippen molar-refractivity contribution < 1.29 is 22.7 Å². The van der Waals surface area contributed by atoms with Crippen molar-refractivity contribution in [2.45, 2.75) is 45.3 Å². The van der Waals surface area contributed by atoms with Crippen LogP contribution in [0.15, 0.2) is 42.5 Å². The van der Waals surface area contributed by atoms with Crippen LogP contribution < -0.4 is 10.1 Å². The number of rotatable bonds is 7. The number of carbonyl (C=O) groups excluding carboxylic acids is 1. The van der Waals surface area contributed by atoms with Gasteiger partial charge in [-0.2, -0.15) is 13.2 Å². The largest absolute Gasteiger partial charge is 0.497 e. The molecule has 4 nitrogen and oxygen atoms in total. The highest BCUT2D eigenvalue weighted by molar-refractivity contribution is 5.91. The molecule has 3 rings (SSSR count). The molecule has 1 atom stereocenters. The number of halogens is 3. The molecule has 2 aromatic rings. The van der Waals surface area contributed by atoms with E-state index in [0.29, 0.717) is 24.4 Å². The molecule has 7 heteroatoms. The van der Waals surface area contributed by atoms with Crippen molar-refractivity contribution in [1.29, 1.82) is 0 Å². The molecule has 0 spiro atoms. The first-order valence-electron chi connectivity index (χ1n) is 10.6. The smallest absolute Gasteiger partial charge is 0.416 e. The Bertz CT molecular complexity index is 899. The summed E-state index contributed by atoms with van der Waals surface area (Å²) in [5.74, 6) is 0.993. The van der Waals surface area contributed by atoms with Gasteiger partial charge in [-0.05, 0) is 74.0 Å². The van der Waals surface area contributed by atoms with Crippen molar-refractivity contribution >= 4 is 11.6 Å². The second-order valence-electron chi connectivity index (χ2n) is 8.17. The Balaban J connectivity index is 1.52. The number of alkyl halides is 3. The van der Waals surface area contributed by atoms with Gasteiger partial charge in [-0.15, -0.1) is 0 Å². The van der Waals surface area contributed by atoms with Crippen molar-refractivity contribution in [3.05, 3.63) is 59.2 Å². The Morgan fingerprint density at radius 1 is 1.23 bits per heavy atom. The first kappa shape index (κ1) is 23.1. The molecule has 2 aromatic carbocycles. The summed E-state index contributed by atoms with van der Waals surface area (Å²) < 4.78 is 45.0. The van der Waals surface area contributed by atoms with Gasteiger partial charge in [0.2, 0.25) is 5.91 Å². The summed E-state index contributed by atoms with van der Waals surface area (Å²) in [6.07, 6.45) is -1.31. The van der Waals surface area contributed by atoms with Crippen LogP contribution >= 0.6 is 0 Å². The average Bonchev–Trinajstić information content (AvgIpc) is 2.73. The van der Waals surface area contributed by atoms with Crippen LogP contribution in [-0.4, -0.2) is 31.0 Å². The number of nitrogens with one attached hydrogen (secondary N) is 1. The van der Waals surface area contributed by atoms with Gasteiger partial charge in [0.25, 0.3) is 0 Å². The third-order valence-corrected chi connectivity index (χ3v) is 5.81. The second kappa shape index (κ2) is 10.2. The van der Waals surface area contributed by atoms with Gasteiger partial charge < -0.3 is 10.1 Å². The quantitative estimate of drug-likeness (QED) is 0.612. The molecular weight excluding hydrogens is 405 g/mol. The molecule has 1 heterocycles. The molecule has 0 aromatic heterocycles. The highest BCUT2D eigenvalue weighted by atomic mass is 19.4. The number of carbonyl (C=O) groups is 1. The van der Waals surface area contributed by atoms with Gasteiger partial charge >= 0.3 is 6.18 Å². The van der Waals surface area contributed by atoms with Crippen molar-refractivity contribution in [3.63, 3.8) is 0 Å². The summed E-state index contributed by atoms with van der Waals surface area (Å²) in [5, 5.41) is 2.94. The van der Waals surface area contributed by atoms with E-state index in [1.807, 2.05) is 19.1 Å². The molecule has 1 saturated heterocycles. The van der Waals surface area contributed by atoms with E-state index in [9.17, 15) is 18.0 Å². The fraction of sp³-hybridized carbons (Fsp3) is 0.458. The third kappa shape index (κ3) is 6.47. The molecule has 1 N–H and O–H groups in total. The minimum atomic E-state index is -4.34. The van der Waals surface area contributed by atoms with Crippen molar-refractivity contribution in [1.82, 2.24) is 4.90 Å². The molecule has 1 unspecified atom stereocenters. The SMILES string of the molecule is COc1ccc(NC(=O)CCC2CCCN(Cc3ccccc3C(F)(F)F)C2)c(C)c1. The number of piperidine rings is 1. The molecule has 0 radical (unpaired) electrons. The van der Waals surface area contributed by atoms with Gasteiger partial charge in [0.05, 0.1) is 12.7 Å². The van der Waals surface area contributed by atoms with Gasteiger partial charge in [0.15, 0.2) is 0 Å². The minimum absolute atomic E-state index is 0.0483. The van der Waals surface area contributed by atoms with Crippen LogP contribution in [0.2, 0.25) is 0 Å².